The number of carbonyl (C=O) groups is 2. The Bertz CT molecular complexity index is 745. The van der Waals surface area contributed by atoms with Crippen LogP contribution in [0.4, 0.5) is 0 Å². The minimum absolute atomic E-state index is 0.313. The van der Waals surface area contributed by atoms with E-state index in [4.69, 9.17) is 0 Å². The third-order valence-corrected chi connectivity index (χ3v) is 4.67. The molecule has 0 spiro atoms. The van der Waals surface area contributed by atoms with Crippen LogP contribution in [-0.2, 0) is 5.41 Å². The summed E-state index contributed by atoms with van der Waals surface area (Å²) in [6.45, 7) is 7.82. The van der Waals surface area contributed by atoms with Crippen LogP contribution < -0.4 is 0 Å². The Morgan fingerprint density at radius 3 is 1.57 bits per heavy atom. The van der Waals surface area contributed by atoms with E-state index in [9.17, 15) is 9.59 Å². The first-order valence-electron chi connectivity index (χ1n) is 7.61. The van der Waals surface area contributed by atoms with Crippen molar-refractivity contribution in [3.63, 3.8) is 0 Å². The van der Waals surface area contributed by atoms with Crippen LogP contribution in [0.15, 0.2) is 61.7 Å². The summed E-state index contributed by atoms with van der Waals surface area (Å²) in [5.74, 6) is 0. The van der Waals surface area contributed by atoms with Gasteiger partial charge in [-0.1, -0.05) is 36.4 Å². The molecule has 0 saturated heterocycles. The Morgan fingerprint density at radius 1 is 0.783 bits per heavy atom. The highest BCUT2D eigenvalue weighted by Gasteiger charge is 2.41. The summed E-state index contributed by atoms with van der Waals surface area (Å²) in [7, 11) is 0. The summed E-state index contributed by atoms with van der Waals surface area (Å²) in [4.78, 5) is 22.4. The molecular formula is C21H18O2. The molecule has 1 aliphatic carbocycles. The second-order valence-corrected chi connectivity index (χ2v) is 5.91. The number of allylic oxidation sites excluding steroid dienone is 2. The molecule has 0 heterocycles. The van der Waals surface area contributed by atoms with Crippen molar-refractivity contribution in [3.8, 4) is 11.1 Å². The van der Waals surface area contributed by atoms with Crippen LogP contribution in [0.25, 0.3) is 11.1 Å². The van der Waals surface area contributed by atoms with Crippen LogP contribution in [0.3, 0.4) is 0 Å². The van der Waals surface area contributed by atoms with E-state index in [1.165, 1.54) is 0 Å². The number of rotatable bonds is 6. The molecule has 2 aromatic rings. The predicted octanol–water partition coefficient (Wildman–Crippen LogP) is 4.73. The van der Waals surface area contributed by atoms with Gasteiger partial charge in [0.25, 0.3) is 0 Å². The summed E-state index contributed by atoms with van der Waals surface area (Å²) in [6.07, 6.45) is 6.97. The summed E-state index contributed by atoms with van der Waals surface area (Å²) >= 11 is 0. The smallest absolute Gasteiger partial charge is 0.150 e. The van der Waals surface area contributed by atoms with Crippen molar-refractivity contribution in [2.45, 2.75) is 18.3 Å². The highest BCUT2D eigenvalue weighted by atomic mass is 16.1. The van der Waals surface area contributed by atoms with Gasteiger partial charge in [0.15, 0.2) is 0 Å². The van der Waals surface area contributed by atoms with E-state index in [2.05, 4.69) is 13.2 Å². The molecule has 3 rings (SSSR count). The molecule has 0 fully saturated rings. The maximum atomic E-state index is 11.2. The van der Waals surface area contributed by atoms with E-state index >= 15 is 0 Å². The summed E-state index contributed by atoms with van der Waals surface area (Å²) in [5, 5.41) is 0. The highest BCUT2D eigenvalue weighted by Crippen LogP contribution is 2.53. The fourth-order valence-corrected chi connectivity index (χ4v) is 3.69. The van der Waals surface area contributed by atoms with Gasteiger partial charge in [0.1, 0.15) is 12.6 Å². The van der Waals surface area contributed by atoms with Crippen LogP contribution >= 0.6 is 0 Å². The first-order chi connectivity index (χ1) is 11.2. The van der Waals surface area contributed by atoms with Crippen LogP contribution in [-0.4, -0.2) is 12.6 Å². The molecule has 0 N–H and O–H groups in total. The molecule has 0 amide bonds. The Morgan fingerprint density at radius 2 is 1.22 bits per heavy atom. The fraction of sp³-hybridized carbons (Fsp3) is 0.143. The zero-order valence-corrected chi connectivity index (χ0v) is 12.9. The Balaban J connectivity index is 2.37. The van der Waals surface area contributed by atoms with Gasteiger partial charge in [0, 0.05) is 16.5 Å². The zero-order chi connectivity index (χ0) is 16.4. The second-order valence-electron chi connectivity index (χ2n) is 5.91. The molecule has 114 valence electrons. The number of carbonyl (C=O) groups excluding carboxylic acids is 2. The molecule has 0 unspecified atom stereocenters. The average molecular weight is 302 g/mol. The van der Waals surface area contributed by atoms with Gasteiger partial charge in [-0.2, -0.15) is 0 Å². The lowest BCUT2D eigenvalue weighted by molar-refractivity contribution is 0.111. The van der Waals surface area contributed by atoms with E-state index in [-0.39, 0.29) is 5.41 Å². The molecule has 0 aliphatic heterocycles. The Kier molecular flexibility index (Phi) is 3.83. The van der Waals surface area contributed by atoms with Crippen LogP contribution in [0, 0.1) is 0 Å². The SMILES string of the molecule is C=CCC1(CC=C)c2cc(C=O)ccc2-c2ccc(C=O)cc21. The summed E-state index contributed by atoms with van der Waals surface area (Å²) in [6, 6.07) is 11.6. The molecule has 2 heteroatoms. The van der Waals surface area contributed by atoms with Crippen molar-refractivity contribution in [1.82, 2.24) is 0 Å². The van der Waals surface area contributed by atoms with E-state index in [1.807, 2.05) is 48.6 Å². The monoisotopic (exact) mass is 302 g/mol. The van der Waals surface area contributed by atoms with Gasteiger partial charge in [-0.3, -0.25) is 9.59 Å². The Labute approximate surface area is 136 Å². The van der Waals surface area contributed by atoms with Crippen molar-refractivity contribution in [1.29, 1.82) is 0 Å². The first kappa shape index (κ1) is 15.2. The zero-order valence-electron chi connectivity index (χ0n) is 12.9. The lowest BCUT2D eigenvalue weighted by atomic mass is 9.72. The maximum Gasteiger partial charge on any atom is 0.150 e. The second kappa shape index (κ2) is 5.81. The molecule has 1 aliphatic rings. The standard InChI is InChI=1S/C21H18O2/c1-3-9-21(10-4-2)19-11-15(13-22)5-7-17(19)18-8-6-16(14-23)12-20(18)21/h3-8,11-14H,1-2,9-10H2. The number of fused-ring (bicyclic) bond motifs is 3. The molecule has 0 radical (unpaired) electrons. The van der Waals surface area contributed by atoms with Gasteiger partial charge in [0.05, 0.1) is 0 Å². The van der Waals surface area contributed by atoms with Crippen molar-refractivity contribution in [2.75, 3.05) is 0 Å². The highest BCUT2D eigenvalue weighted by molar-refractivity contribution is 5.88. The maximum absolute atomic E-state index is 11.2. The van der Waals surface area contributed by atoms with E-state index < -0.39 is 0 Å². The lowest BCUT2D eigenvalue weighted by Crippen LogP contribution is -2.24. The molecule has 0 atom stereocenters. The van der Waals surface area contributed by atoms with Gasteiger partial charge >= 0.3 is 0 Å². The Hall–Kier alpha value is -2.74. The van der Waals surface area contributed by atoms with Gasteiger partial charge in [0.2, 0.25) is 0 Å². The average Bonchev–Trinajstić information content (AvgIpc) is 2.85. The van der Waals surface area contributed by atoms with Gasteiger partial charge in [-0.05, 0) is 47.2 Å². The van der Waals surface area contributed by atoms with Crippen LogP contribution in [0.2, 0.25) is 0 Å². The number of benzene rings is 2. The van der Waals surface area contributed by atoms with Crippen molar-refractivity contribution in [3.05, 3.63) is 84.0 Å². The minimum atomic E-state index is -0.313. The fourth-order valence-electron chi connectivity index (χ4n) is 3.69. The third kappa shape index (κ3) is 2.18. The van der Waals surface area contributed by atoms with Gasteiger partial charge in [-0.25, -0.2) is 0 Å². The van der Waals surface area contributed by atoms with Crippen LogP contribution in [0.1, 0.15) is 44.7 Å². The predicted molar refractivity (Wildman–Crippen MR) is 93.1 cm³/mol. The van der Waals surface area contributed by atoms with Gasteiger partial charge in [-0.15, -0.1) is 13.2 Å². The summed E-state index contributed by atoms with van der Waals surface area (Å²) in [5.41, 5.74) is 5.46. The van der Waals surface area contributed by atoms with Gasteiger partial charge < -0.3 is 0 Å². The normalized spacial score (nSPS) is 13.7. The molecule has 0 bridgehead atoms. The molecule has 23 heavy (non-hydrogen) atoms. The molecule has 2 aromatic carbocycles. The quantitative estimate of drug-likeness (QED) is 0.571. The minimum Gasteiger partial charge on any atom is -0.298 e. The first-order valence-corrected chi connectivity index (χ1v) is 7.61. The van der Waals surface area contributed by atoms with E-state index in [1.54, 1.807) is 0 Å². The van der Waals surface area contributed by atoms with Crippen LogP contribution in [0.5, 0.6) is 0 Å². The number of hydrogen-bond donors (Lipinski definition) is 0. The molecule has 2 nitrogen and oxygen atoms in total. The topological polar surface area (TPSA) is 34.1 Å². The number of hydrogen-bond acceptors (Lipinski definition) is 2. The third-order valence-electron chi connectivity index (χ3n) is 4.67. The van der Waals surface area contributed by atoms with E-state index in [0.29, 0.717) is 11.1 Å². The molecular weight excluding hydrogens is 284 g/mol. The lowest BCUT2D eigenvalue weighted by Gasteiger charge is -2.30. The molecule has 0 aromatic heterocycles. The van der Waals surface area contributed by atoms with Crippen molar-refractivity contribution < 1.29 is 9.59 Å². The number of aldehydes is 2. The largest absolute Gasteiger partial charge is 0.298 e. The summed E-state index contributed by atoms with van der Waals surface area (Å²) < 4.78 is 0. The van der Waals surface area contributed by atoms with Crippen molar-refractivity contribution >= 4 is 12.6 Å². The van der Waals surface area contributed by atoms with Crippen molar-refractivity contribution in [2.24, 2.45) is 0 Å². The molecule has 0 saturated carbocycles. The van der Waals surface area contributed by atoms with E-state index in [0.717, 1.165) is 47.7 Å².